The van der Waals surface area contributed by atoms with Gasteiger partial charge in [0.2, 0.25) is 10.0 Å². The molecule has 0 unspecified atom stereocenters. The highest BCUT2D eigenvalue weighted by atomic mass is 35.5. The third-order valence-electron chi connectivity index (χ3n) is 3.05. The molecule has 1 N–H and O–H groups in total. The molecule has 0 saturated carbocycles. The molecule has 2 rings (SSSR count). The molecule has 2 aromatic rings. The number of nitrogens with one attached hydrogen (secondary N) is 1. The Hall–Kier alpha value is -1.60. The van der Waals surface area contributed by atoms with Gasteiger partial charge in [0.1, 0.15) is 0 Å². The fourth-order valence-electron chi connectivity index (χ4n) is 1.80. The Balaban J connectivity index is 2.32. The molecule has 0 aliphatic rings. The maximum atomic E-state index is 12.3. The molecule has 5 nitrogen and oxygen atoms in total. The molecular formula is C15H14Cl2N2O3S. The van der Waals surface area contributed by atoms with Crippen LogP contribution in [0.4, 0.5) is 5.69 Å². The molecular weight excluding hydrogens is 359 g/mol. The van der Waals surface area contributed by atoms with Crippen LogP contribution in [-0.2, 0) is 10.0 Å². The molecule has 0 fully saturated rings. The highest BCUT2D eigenvalue weighted by molar-refractivity contribution is 7.89. The molecule has 23 heavy (non-hydrogen) atoms. The first-order chi connectivity index (χ1) is 10.7. The Morgan fingerprint density at radius 3 is 2.43 bits per heavy atom. The van der Waals surface area contributed by atoms with E-state index in [9.17, 15) is 13.2 Å². The van der Waals surface area contributed by atoms with Crippen LogP contribution < -0.4 is 5.32 Å². The summed E-state index contributed by atoms with van der Waals surface area (Å²) in [5.41, 5.74) is 0.550. The molecule has 0 radical (unpaired) electrons. The van der Waals surface area contributed by atoms with Crippen LogP contribution in [0.5, 0.6) is 0 Å². The molecule has 0 saturated heterocycles. The van der Waals surface area contributed by atoms with E-state index in [0.717, 1.165) is 4.31 Å². The lowest BCUT2D eigenvalue weighted by Gasteiger charge is -2.12. The number of nitrogens with zero attached hydrogens (tertiary/aromatic N) is 1. The van der Waals surface area contributed by atoms with Gasteiger partial charge in [0.05, 0.1) is 15.6 Å². The van der Waals surface area contributed by atoms with E-state index >= 15 is 0 Å². The number of carbonyl (C=O) groups excluding carboxylic acids is 1. The van der Waals surface area contributed by atoms with Crippen molar-refractivity contribution in [2.24, 2.45) is 0 Å². The van der Waals surface area contributed by atoms with Crippen LogP contribution in [0.1, 0.15) is 10.4 Å². The van der Waals surface area contributed by atoms with Gasteiger partial charge in [0.25, 0.3) is 5.91 Å². The highest BCUT2D eigenvalue weighted by Crippen LogP contribution is 2.26. The minimum atomic E-state index is -3.61. The number of sulfonamides is 1. The van der Waals surface area contributed by atoms with Gasteiger partial charge in [-0.3, -0.25) is 4.79 Å². The number of hydrogen-bond acceptors (Lipinski definition) is 3. The smallest absolute Gasteiger partial charge is 0.255 e. The zero-order valence-corrected chi connectivity index (χ0v) is 14.7. The molecule has 1 amide bonds. The van der Waals surface area contributed by atoms with E-state index < -0.39 is 15.9 Å². The fourth-order valence-corrected chi connectivity index (χ4v) is 3.08. The number of carbonyl (C=O) groups is 1. The molecule has 2 aromatic carbocycles. The van der Waals surface area contributed by atoms with E-state index in [1.54, 1.807) is 12.1 Å². The number of benzene rings is 2. The summed E-state index contributed by atoms with van der Waals surface area (Å²) >= 11 is 11.9. The van der Waals surface area contributed by atoms with E-state index in [1.807, 2.05) is 0 Å². The monoisotopic (exact) mass is 372 g/mol. The molecule has 0 aliphatic carbocycles. The summed E-state index contributed by atoms with van der Waals surface area (Å²) in [7, 11) is -0.766. The van der Waals surface area contributed by atoms with Crippen LogP contribution in [0.2, 0.25) is 10.0 Å². The van der Waals surface area contributed by atoms with Crippen molar-refractivity contribution in [1.29, 1.82) is 0 Å². The molecule has 0 atom stereocenters. The van der Waals surface area contributed by atoms with Gasteiger partial charge in [0, 0.05) is 24.7 Å². The lowest BCUT2D eigenvalue weighted by molar-refractivity contribution is 0.102. The van der Waals surface area contributed by atoms with Gasteiger partial charge in [-0.2, -0.15) is 0 Å². The summed E-state index contributed by atoms with van der Waals surface area (Å²) in [6.45, 7) is 0. The molecule has 0 aliphatic heterocycles. The average Bonchev–Trinajstić information content (AvgIpc) is 2.50. The first-order valence-electron chi connectivity index (χ1n) is 6.51. The average molecular weight is 373 g/mol. The first-order valence-corrected chi connectivity index (χ1v) is 8.70. The zero-order valence-electron chi connectivity index (χ0n) is 12.4. The topological polar surface area (TPSA) is 66.5 Å². The third-order valence-corrected chi connectivity index (χ3v) is 5.43. The fraction of sp³-hybridized carbons (Fsp3) is 0.133. The Labute approximate surface area is 144 Å². The van der Waals surface area contributed by atoms with Crippen molar-refractivity contribution in [2.75, 3.05) is 19.4 Å². The summed E-state index contributed by atoms with van der Waals surface area (Å²) in [4.78, 5) is 12.3. The van der Waals surface area contributed by atoms with Gasteiger partial charge >= 0.3 is 0 Å². The van der Waals surface area contributed by atoms with Crippen LogP contribution in [0.25, 0.3) is 0 Å². The lowest BCUT2D eigenvalue weighted by atomic mass is 10.2. The summed E-state index contributed by atoms with van der Waals surface area (Å²) in [5, 5.41) is 3.37. The largest absolute Gasteiger partial charge is 0.321 e. The SMILES string of the molecule is CN(C)S(=O)(=O)c1cccc(C(=O)Nc2cc(Cl)ccc2Cl)c1. The van der Waals surface area contributed by atoms with E-state index in [4.69, 9.17) is 23.2 Å². The van der Waals surface area contributed by atoms with E-state index in [-0.39, 0.29) is 10.5 Å². The van der Waals surface area contributed by atoms with Gasteiger partial charge in [-0.15, -0.1) is 0 Å². The van der Waals surface area contributed by atoms with Crippen molar-refractivity contribution < 1.29 is 13.2 Å². The maximum Gasteiger partial charge on any atom is 0.255 e. The molecule has 0 bridgehead atoms. The van der Waals surface area contributed by atoms with E-state index in [0.29, 0.717) is 15.7 Å². The molecule has 8 heteroatoms. The third kappa shape index (κ3) is 4.03. The van der Waals surface area contributed by atoms with Crippen LogP contribution in [0, 0.1) is 0 Å². The van der Waals surface area contributed by atoms with Crippen LogP contribution in [-0.4, -0.2) is 32.7 Å². The summed E-state index contributed by atoms with van der Waals surface area (Å²) in [5.74, 6) is -0.482. The summed E-state index contributed by atoms with van der Waals surface area (Å²) in [6.07, 6.45) is 0. The minimum absolute atomic E-state index is 0.0346. The molecule has 0 heterocycles. The Morgan fingerprint density at radius 1 is 1.09 bits per heavy atom. The van der Waals surface area contributed by atoms with Crippen molar-refractivity contribution >= 4 is 44.8 Å². The second kappa shape index (κ2) is 6.88. The van der Waals surface area contributed by atoms with Gasteiger partial charge in [-0.1, -0.05) is 29.3 Å². The van der Waals surface area contributed by atoms with Gasteiger partial charge in [0.15, 0.2) is 0 Å². The van der Waals surface area contributed by atoms with E-state index in [1.165, 1.54) is 44.4 Å². The first kappa shape index (κ1) is 17.7. The second-order valence-corrected chi connectivity index (χ2v) is 7.89. The second-order valence-electron chi connectivity index (χ2n) is 4.89. The van der Waals surface area contributed by atoms with Crippen LogP contribution in [0.3, 0.4) is 0 Å². The van der Waals surface area contributed by atoms with Gasteiger partial charge in [-0.25, -0.2) is 12.7 Å². The standard InChI is InChI=1S/C15H14Cl2N2O3S/c1-19(2)23(21,22)12-5-3-4-10(8-12)15(20)18-14-9-11(16)6-7-13(14)17/h3-9H,1-2H3,(H,18,20). The maximum absolute atomic E-state index is 12.3. The Kier molecular flexibility index (Phi) is 5.31. The van der Waals surface area contributed by atoms with Crippen molar-refractivity contribution in [1.82, 2.24) is 4.31 Å². The lowest BCUT2D eigenvalue weighted by Crippen LogP contribution is -2.22. The molecule has 122 valence electrons. The van der Waals surface area contributed by atoms with Crippen LogP contribution >= 0.6 is 23.2 Å². The summed E-state index contributed by atoms with van der Waals surface area (Å²) in [6, 6.07) is 10.4. The molecule has 0 aromatic heterocycles. The Bertz CT molecular complexity index is 852. The number of halogens is 2. The number of rotatable bonds is 4. The van der Waals surface area contributed by atoms with Crippen molar-refractivity contribution in [2.45, 2.75) is 4.90 Å². The predicted molar refractivity (Wildman–Crippen MR) is 91.7 cm³/mol. The van der Waals surface area contributed by atoms with Crippen molar-refractivity contribution in [3.05, 3.63) is 58.1 Å². The predicted octanol–water partition coefficient (Wildman–Crippen LogP) is 3.50. The van der Waals surface area contributed by atoms with Crippen LogP contribution in [0.15, 0.2) is 47.4 Å². The summed E-state index contributed by atoms with van der Waals surface area (Å²) < 4.78 is 25.3. The van der Waals surface area contributed by atoms with Gasteiger partial charge < -0.3 is 5.32 Å². The quantitative estimate of drug-likeness (QED) is 0.892. The van der Waals surface area contributed by atoms with Gasteiger partial charge in [-0.05, 0) is 36.4 Å². The van der Waals surface area contributed by atoms with Crippen molar-refractivity contribution in [3.63, 3.8) is 0 Å². The van der Waals surface area contributed by atoms with E-state index in [2.05, 4.69) is 5.32 Å². The Morgan fingerprint density at radius 2 is 1.78 bits per heavy atom. The highest BCUT2D eigenvalue weighted by Gasteiger charge is 2.19. The normalized spacial score (nSPS) is 11.5. The zero-order chi connectivity index (χ0) is 17.2. The molecule has 0 spiro atoms. The van der Waals surface area contributed by atoms with Crippen molar-refractivity contribution in [3.8, 4) is 0 Å². The minimum Gasteiger partial charge on any atom is -0.321 e. The number of hydrogen-bond donors (Lipinski definition) is 1. The number of amides is 1. The number of anilines is 1.